The van der Waals surface area contributed by atoms with E-state index in [2.05, 4.69) is 88.6 Å². The molecule has 0 radical (unpaired) electrons. The molecule has 0 bridgehead atoms. The van der Waals surface area contributed by atoms with Gasteiger partial charge in [0.1, 0.15) is 0 Å². The van der Waals surface area contributed by atoms with Crippen LogP contribution in [-0.2, 0) is 23.9 Å². The van der Waals surface area contributed by atoms with Crippen molar-refractivity contribution in [1.29, 1.82) is 0 Å². The molecule has 9 heteroatoms. The lowest BCUT2D eigenvalue weighted by Crippen LogP contribution is -2.46. The summed E-state index contributed by atoms with van der Waals surface area (Å²) in [6, 6.07) is 6.81. The van der Waals surface area contributed by atoms with Crippen molar-refractivity contribution in [1.82, 2.24) is 4.83 Å². The van der Waals surface area contributed by atoms with Gasteiger partial charge in [0.25, 0.3) is 10.0 Å². The van der Waals surface area contributed by atoms with Gasteiger partial charge in [-0.2, -0.15) is 13.5 Å². The molecule has 1 saturated heterocycles. The Bertz CT molecular complexity index is 1370. The van der Waals surface area contributed by atoms with Crippen molar-refractivity contribution in [3.05, 3.63) is 42.0 Å². The second-order valence-electron chi connectivity index (χ2n) is 15.1. The maximum absolute atomic E-state index is 13.1. The molecule has 0 unspecified atom stereocenters. The summed E-state index contributed by atoms with van der Waals surface area (Å²) in [6.45, 7) is 22.8. The van der Waals surface area contributed by atoms with Crippen LogP contribution in [0.3, 0.4) is 0 Å². The number of allylic oxidation sites excluding steroid dienone is 1. The zero-order valence-electron chi connectivity index (χ0n) is 27.8. The molecule has 1 aliphatic heterocycles. The molecule has 7 nitrogen and oxygen atoms in total. The van der Waals surface area contributed by atoms with Crippen molar-refractivity contribution in [2.75, 3.05) is 13.2 Å². The summed E-state index contributed by atoms with van der Waals surface area (Å²) in [6.07, 6.45) is 6.39. The highest BCUT2D eigenvalue weighted by Gasteiger charge is 2.56. The molecule has 1 aromatic rings. The zero-order chi connectivity index (χ0) is 31.8. The summed E-state index contributed by atoms with van der Waals surface area (Å²) in [5.41, 5.74) is 1.83. The number of benzene rings is 1. The first-order valence-corrected chi connectivity index (χ1v) is 20.0. The van der Waals surface area contributed by atoms with E-state index in [0.29, 0.717) is 19.6 Å². The highest BCUT2D eigenvalue weighted by Crippen LogP contribution is 2.54. The number of rotatable bonds is 8. The Kier molecular flexibility index (Phi) is 9.81. The predicted octanol–water partition coefficient (Wildman–Crippen LogP) is 7.05. The Hall–Kier alpha value is -1.96. The topological polar surface area (TPSA) is 86.2 Å². The van der Waals surface area contributed by atoms with E-state index in [1.807, 2.05) is 13.8 Å². The quantitative estimate of drug-likeness (QED) is 0.144. The smallest absolute Gasteiger partial charge is 0.276 e. The third-order valence-corrected chi connectivity index (χ3v) is 15.4. The standard InChI is InChI=1S/C34H52N2O5SSi/c1-11-12-25(3)31(41-43(9,10)32(4,5)6)18-17-28-29-21-34(39-22-33(7,8)23-40-34)20-26(29)19-30(28)35-36-42(37,38)27-15-13-24(2)14-16-27/h13-18,25-26,28-29,31,36H,19-23H2,1-10H3/b18-17+,35-30+/t25-,26+,28+,29-,31+/m0/s1. The SMILES string of the molecule is CC#C[C@H](C)[C@@H](/C=C/[C@H]1/C(=N/NS(=O)(=O)c2ccc(C)cc2)C[C@@H]2CC3(C[C@@H]21)OCC(C)(C)CO3)O[Si](C)(C)C(C)(C)C. The molecule has 3 fully saturated rings. The number of fused-ring (bicyclic) bond motifs is 1. The molecule has 0 aromatic heterocycles. The van der Waals surface area contributed by atoms with Crippen LogP contribution in [0.4, 0.5) is 0 Å². The summed E-state index contributed by atoms with van der Waals surface area (Å²) < 4.78 is 46.0. The van der Waals surface area contributed by atoms with E-state index in [1.54, 1.807) is 24.3 Å². The van der Waals surface area contributed by atoms with E-state index < -0.39 is 24.1 Å². The van der Waals surface area contributed by atoms with Crippen molar-refractivity contribution in [3.63, 3.8) is 0 Å². The summed E-state index contributed by atoms with van der Waals surface area (Å²) in [5, 5.41) is 4.63. The lowest BCUT2D eigenvalue weighted by atomic mass is 9.89. The second kappa shape index (κ2) is 12.4. The van der Waals surface area contributed by atoms with Crippen molar-refractivity contribution in [3.8, 4) is 11.8 Å². The first kappa shape index (κ1) is 33.9. The Balaban J connectivity index is 1.64. The molecule has 43 heavy (non-hydrogen) atoms. The Morgan fingerprint density at radius 1 is 1.14 bits per heavy atom. The number of nitrogens with zero attached hydrogens (tertiary/aromatic N) is 1. The van der Waals surface area contributed by atoms with Gasteiger partial charge in [0, 0.05) is 35.8 Å². The van der Waals surface area contributed by atoms with E-state index in [4.69, 9.17) is 13.9 Å². The molecule has 3 aliphatic rings. The lowest BCUT2D eigenvalue weighted by molar-refractivity contribution is -0.297. The van der Waals surface area contributed by atoms with E-state index in [-0.39, 0.29) is 45.1 Å². The van der Waals surface area contributed by atoms with Crippen molar-refractivity contribution in [2.24, 2.45) is 34.2 Å². The molecule has 5 atom stereocenters. The van der Waals surface area contributed by atoms with Gasteiger partial charge in [0.2, 0.25) is 0 Å². The fraction of sp³-hybridized carbons (Fsp3) is 0.676. The van der Waals surface area contributed by atoms with E-state index >= 15 is 0 Å². The van der Waals surface area contributed by atoms with Gasteiger partial charge in [-0.25, -0.2) is 4.83 Å². The second-order valence-corrected chi connectivity index (χ2v) is 21.6. The van der Waals surface area contributed by atoms with Crippen molar-refractivity contribution >= 4 is 24.1 Å². The fourth-order valence-electron chi connectivity index (χ4n) is 6.06. The predicted molar refractivity (Wildman–Crippen MR) is 175 cm³/mol. The molecule has 238 valence electrons. The number of nitrogens with one attached hydrogen (secondary N) is 1. The van der Waals surface area contributed by atoms with Crippen molar-refractivity contribution in [2.45, 2.75) is 110 Å². The molecular weight excluding hydrogens is 577 g/mol. The van der Waals surface area contributed by atoms with E-state index in [0.717, 1.165) is 24.1 Å². The minimum Gasteiger partial charge on any atom is -0.409 e. The zero-order valence-corrected chi connectivity index (χ0v) is 29.6. The molecule has 1 spiro atoms. The van der Waals surface area contributed by atoms with Crippen molar-refractivity contribution < 1.29 is 22.3 Å². The lowest BCUT2D eigenvalue weighted by Gasteiger charge is -2.42. The summed E-state index contributed by atoms with van der Waals surface area (Å²) in [4.78, 5) is 2.75. The average Bonchev–Trinajstić information content (AvgIpc) is 3.41. The number of hydrazone groups is 1. The largest absolute Gasteiger partial charge is 0.409 e. The van der Waals surface area contributed by atoms with Crippen LogP contribution < -0.4 is 4.83 Å². The van der Waals surface area contributed by atoms with Crippen LogP contribution in [0.1, 0.15) is 73.3 Å². The number of hydrogen-bond donors (Lipinski definition) is 1. The van der Waals surface area contributed by atoms with Gasteiger partial charge in [-0.3, -0.25) is 0 Å². The molecule has 1 heterocycles. The van der Waals surface area contributed by atoms with E-state index in [9.17, 15) is 8.42 Å². The Morgan fingerprint density at radius 3 is 2.35 bits per heavy atom. The first-order valence-electron chi connectivity index (χ1n) is 15.6. The van der Waals surface area contributed by atoms with Crippen LogP contribution in [0.15, 0.2) is 46.4 Å². The monoisotopic (exact) mass is 628 g/mol. The molecule has 2 aliphatic carbocycles. The minimum atomic E-state index is -3.79. The summed E-state index contributed by atoms with van der Waals surface area (Å²) in [7, 11) is -5.88. The van der Waals surface area contributed by atoms with Crippen LogP contribution in [0.25, 0.3) is 0 Å². The number of sulfonamides is 1. The van der Waals surface area contributed by atoms with Gasteiger partial charge in [-0.05, 0) is 69.3 Å². The molecule has 1 aromatic carbocycles. The molecule has 0 amide bonds. The maximum Gasteiger partial charge on any atom is 0.276 e. The summed E-state index contributed by atoms with van der Waals surface area (Å²) in [5.74, 6) is 6.24. The normalized spacial score (nSPS) is 27.6. The highest BCUT2D eigenvalue weighted by atomic mass is 32.2. The molecule has 4 rings (SSSR count). The molecule has 1 N–H and O–H groups in total. The number of aryl methyl sites for hydroxylation is 1. The average molecular weight is 629 g/mol. The molecule has 2 saturated carbocycles. The third-order valence-electron chi connectivity index (χ3n) is 9.75. The molecular formula is C34H52N2O5SSi. The van der Waals surface area contributed by atoms with Gasteiger partial charge in [-0.15, -0.1) is 5.92 Å². The van der Waals surface area contributed by atoms with Gasteiger partial charge in [-0.1, -0.05) is 70.4 Å². The van der Waals surface area contributed by atoms with Gasteiger partial charge >= 0.3 is 0 Å². The van der Waals surface area contributed by atoms with Crippen LogP contribution in [0.2, 0.25) is 18.1 Å². The summed E-state index contributed by atoms with van der Waals surface area (Å²) >= 11 is 0. The Morgan fingerprint density at radius 2 is 1.77 bits per heavy atom. The van der Waals surface area contributed by atoms with Crippen LogP contribution in [0, 0.1) is 47.9 Å². The van der Waals surface area contributed by atoms with Crippen LogP contribution >= 0.6 is 0 Å². The number of ether oxygens (including phenoxy) is 2. The van der Waals surface area contributed by atoms with Gasteiger partial charge < -0.3 is 13.9 Å². The van der Waals surface area contributed by atoms with E-state index in [1.165, 1.54) is 0 Å². The minimum absolute atomic E-state index is 0.00606. The Labute approximate surface area is 261 Å². The first-order chi connectivity index (χ1) is 19.9. The van der Waals surface area contributed by atoms with Crippen LogP contribution in [0.5, 0.6) is 0 Å². The fourth-order valence-corrected chi connectivity index (χ4v) is 8.21. The van der Waals surface area contributed by atoms with Gasteiger partial charge in [0.15, 0.2) is 14.1 Å². The van der Waals surface area contributed by atoms with Gasteiger partial charge in [0.05, 0.1) is 24.2 Å². The number of hydrogen-bond acceptors (Lipinski definition) is 6. The third kappa shape index (κ3) is 7.83. The highest BCUT2D eigenvalue weighted by molar-refractivity contribution is 7.89. The van der Waals surface area contributed by atoms with Crippen LogP contribution in [-0.4, -0.2) is 47.6 Å². The maximum atomic E-state index is 13.1.